The summed E-state index contributed by atoms with van der Waals surface area (Å²) in [6, 6.07) is 17.7. The monoisotopic (exact) mass is 459 g/mol. The first kappa shape index (κ1) is 21.1. The van der Waals surface area contributed by atoms with Crippen LogP contribution in [0.2, 0.25) is 0 Å². The van der Waals surface area contributed by atoms with Gasteiger partial charge in [0.15, 0.2) is 6.10 Å². The summed E-state index contributed by atoms with van der Waals surface area (Å²) in [5.41, 5.74) is 1.27. The van der Waals surface area contributed by atoms with Crippen LogP contribution < -0.4 is 5.32 Å². The largest absolute Gasteiger partial charge is 0.507 e. The van der Waals surface area contributed by atoms with Gasteiger partial charge < -0.3 is 19.7 Å². The molecule has 0 unspecified atom stereocenters. The van der Waals surface area contributed by atoms with E-state index in [2.05, 4.69) is 21.2 Å². The molecular weight excluding hydrogens is 438 g/mol. The van der Waals surface area contributed by atoms with E-state index in [1.807, 2.05) is 30.3 Å². The first-order valence-corrected chi connectivity index (χ1v) is 9.90. The number of methoxy groups -OCH3 is 1. The molecule has 3 rings (SSSR count). The standard InChI is InChI=1S/C22H22BrNO5/c1-28-20(12-13-25)21(29-22(27)24-15-8-6-14(23)7-9-15)18-10-11-19(26)17-5-3-2-4-16(17)18/h2-11,20-21,25-26H,12-13H2,1H3,(H,24,27)/t20-,21-/m0/s1. The van der Waals surface area contributed by atoms with Gasteiger partial charge in [0, 0.05) is 41.2 Å². The Hall–Kier alpha value is -2.61. The molecule has 3 aromatic rings. The van der Waals surface area contributed by atoms with E-state index in [9.17, 15) is 15.0 Å². The summed E-state index contributed by atoms with van der Waals surface area (Å²) in [7, 11) is 1.51. The van der Waals surface area contributed by atoms with E-state index in [0.29, 0.717) is 16.6 Å². The number of ether oxygens (including phenoxy) is 2. The molecule has 0 aliphatic carbocycles. The van der Waals surface area contributed by atoms with Crippen LogP contribution in [0.5, 0.6) is 5.75 Å². The second-order valence-corrected chi connectivity index (χ2v) is 7.38. The van der Waals surface area contributed by atoms with E-state index in [1.54, 1.807) is 30.3 Å². The zero-order valence-corrected chi connectivity index (χ0v) is 17.4. The number of rotatable bonds is 7. The molecule has 1 amide bonds. The minimum Gasteiger partial charge on any atom is -0.507 e. The van der Waals surface area contributed by atoms with Crippen molar-refractivity contribution < 1.29 is 24.5 Å². The number of halogens is 1. The zero-order chi connectivity index (χ0) is 20.8. The third-order valence-electron chi connectivity index (χ3n) is 4.62. The predicted molar refractivity (Wildman–Crippen MR) is 115 cm³/mol. The molecule has 152 valence electrons. The second-order valence-electron chi connectivity index (χ2n) is 6.46. The number of phenolic OH excluding ortho intramolecular Hbond substituents is 1. The van der Waals surface area contributed by atoms with E-state index in [1.165, 1.54) is 7.11 Å². The molecule has 2 atom stereocenters. The molecule has 0 saturated carbocycles. The predicted octanol–water partition coefficient (Wildman–Crippen LogP) is 5.00. The van der Waals surface area contributed by atoms with Crippen LogP contribution in [0.25, 0.3) is 10.8 Å². The molecule has 0 aliphatic rings. The highest BCUT2D eigenvalue weighted by Crippen LogP contribution is 2.35. The second kappa shape index (κ2) is 9.73. The summed E-state index contributed by atoms with van der Waals surface area (Å²) < 4.78 is 12.2. The van der Waals surface area contributed by atoms with Gasteiger partial charge in [-0.15, -0.1) is 0 Å². The minimum absolute atomic E-state index is 0.122. The SMILES string of the molecule is CO[C@@H](CCO)[C@@H](OC(=O)Nc1ccc(Br)cc1)c1ccc(O)c2ccccc12. The molecule has 3 aromatic carbocycles. The molecule has 0 saturated heterocycles. The number of phenols is 1. The maximum absolute atomic E-state index is 12.6. The Morgan fingerprint density at radius 2 is 1.76 bits per heavy atom. The number of aromatic hydroxyl groups is 1. The van der Waals surface area contributed by atoms with Gasteiger partial charge in [-0.25, -0.2) is 4.79 Å². The van der Waals surface area contributed by atoms with E-state index in [4.69, 9.17) is 9.47 Å². The molecule has 0 fully saturated rings. The molecule has 7 heteroatoms. The number of anilines is 1. The Balaban J connectivity index is 1.94. The number of aliphatic hydroxyl groups is 1. The van der Waals surface area contributed by atoms with Crippen molar-refractivity contribution in [2.45, 2.75) is 18.6 Å². The van der Waals surface area contributed by atoms with Gasteiger partial charge in [0.1, 0.15) is 11.9 Å². The summed E-state index contributed by atoms with van der Waals surface area (Å²) >= 11 is 3.35. The fourth-order valence-corrected chi connectivity index (χ4v) is 3.47. The van der Waals surface area contributed by atoms with Gasteiger partial charge >= 0.3 is 6.09 Å². The molecule has 0 radical (unpaired) electrons. The van der Waals surface area contributed by atoms with Crippen molar-refractivity contribution in [3.63, 3.8) is 0 Å². The summed E-state index contributed by atoms with van der Waals surface area (Å²) in [6.45, 7) is -0.122. The number of aliphatic hydroxyl groups excluding tert-OH is 1. The number of nitrogens with one attached hydrogen (secondary N) is 1. The van der Waals surface area contributed by atoms with Crippen molar-refractivity contribution in [3.8, 4) is 5.75 Å². The lowest BCUT2D eigenvalue weighted by Gasteiger charge is -2.27. The number of hydrogen-bond donors (Lipinski definition) is 3. The van der Waals surface area contributed by atoms with Crippen LogP contribution in [0.4, 0.5) is 10.5 Å². The van der Waals surface area contributed by atoms with Crippen LogP contribution in [0.15, 0.2) is 65.1 Å². The number of benzene rings is 3. The summed E-state index contributed by atoms with van der Waals surface area (Å²) in [5.74, 6) is 0.138. The molecule has 0 heterocycles. The van der Waals surface area contributed by atoms with Gasteiger partial charge in [0.05, 0.1) is 0 Å². The first-order valence-electron chi connectivity index (χ1n) is 9.11. The fraction of sp³-hybridized carbons (Fsp3) is 0.227. The topological polar surface area (TPSA) is 88.0 Å². The Morgan fingerprint density at radius 3 is 2.41 bits per heavy atom. The van der Waals surface area contributed by atoms with Crippen molar-refractivity contribution in [1.29, 1.82) is 0 Å². The summed E-state index contributed by atoms with van der Waals surface area (Å²) in [4.78, 5) is 12.6. The molecule has 3 N–H and O–H groups in total. The van der Waals surface area contributed by atoms with Crippen LogP contribution >= 0.6 is 15.9 Å². The van der Waals surface area contributed by atoms with Crippen LogP contribution in [0, 0.1) is 0 Å². The lowest BCUT2D eigenvalue weighted by atomic mass is 9.95. The Bertz CT molecular complexity index is 977. The lowest BCUT2D eigenvalue weighted by Crippen LogP contribution is -2.29. The normalized spacial score (nSPS) is 13.1. The number of carbonyl (C=O) groups excluding carboxylic acids is 1. The van der Waals surface area contributed by atoms with E-state index in [0.717, 1.165) is 9.86 Å². The van der Waals surface area contributed by atoms with Crippen LogP contribution in [0.3, 0.4) is 0 Å². The van der Waals surface area contributed by atoms with Crippen molar-refractivity contribution in [1.82, 2.24) is 0 Å². The number of carbonyl (C=O) groups is 1. The van der Waals surface area contributed by atoms with Crippen molar-refractivity contribution in [2.75, 3.05) is 19.0 Å². The molecule has 0 spiro atoms. The van der Waals surface area contributed by atoms with Crippen LogP contribution in [-0.4, -0.2) is 36.1 Å². The van der Waals surface area contributed by atoms with E-state index >= 15 is 0 Å². The van der Waals surface area contributed by atoms with Crippen LogP contribution in [-0.2, 0) is 9.47 Å². The van der Waals surface area contributed by atoms with Crippen LogP contribution in [0.1, 0.15) is 18.1 Å². The maximum atomic E-state index is 12.6. The minimum atomic E-state index is -0.784. The van der Waals surface area contributed by atoms with Crippen molar-refractivity contribution in [2.24, 2.45) is 0 Å². The molecule has 6 nitrogen and oxygen atoms in total. The van der Waals surface area contributed by atoms with Crippen molar-refractivity contribution in [3.05, 3.63) is 70.7 Å². The Kier molecular flexibility index (Phi) is 7.09. The molecular formula is C22H22BrNO5. The third-order valence-corrected chi connectivity index (χ3v) is 5.15. The highest BCUT2D eigenvalue weighted by Gasteiger charge is 2.29. The molecule has 29 heavy (non-hydrogen) atoms. The average Bonchev–Trinajstić information content (AvgIpc) is 2.73. The first-order chi connectivity index (χ1) is 14.0. The third kappa shape index (κ3) is 5.06. The highest BCUT2D eigenvalue weighted by molar-refractivity contribution is 9.10. The van der Waals surface area contributed by atoms with Gasteiger partial charge in [-0.3, -0.25) is 5.32 Å². The maximum Gasteiger partial charge on any atom is 0.412 e. The van der Waals surface area contributed by atoms with Gasteiger partial charge in [0.25, 0.3) is 0 Å². The fourth-order valence-electron chi connectivity index (χ4n) is 3.21. The zero-order valence-electron chi connectivity index (χ0n) is 15.8. The molecule has 0 aromatic heterocycles. The summed E-state index contributed by atoms with van der Waals surface area (Å²) in [5, 5.41) is 23.7. The average molecular weight is 460 g/mol. The molecule has 0 bridgehead atoms. The van der Waals surface area contributed by atoms with Gasteiger partial charge in [-0.2, -0.15) is 0 Å². The Morgan fingerprint density at radius 1 is 1.07 bits per heavy atom. The number of fused-ring (bicyclic) bond motifs is 1. The smallest absolute Gasteiger partial charge is 0.412 e. The summed E-state index contributed by atoms with van der Waals surface area (Å²) in [6.07, 6.45) is -1.71. The quantitative estimate of drug-likeness (QED) is 0.462. The van der Waals surface area contributed by atoms with Gasteiger partial charge in [-0.05, 0) is 35.7 Å². The lowest BCUT2D eigenvalue weighted by molar-refractivity contribution is -0.0299. The highest BCUT2D eigenvalue weighted by atomic mass is 79.9. The van der Waals surface area contributed by atoms with Gasteiger partial charge in [0.2, 0.25) is 0 Å². The number of amides is 1. The number of hydrogen-bond acceptors (Lipinski definition) is 5. The Labute approximate surface area is 177 Å². The van der Waals surface area contributed by atoms with E-state index in [-0.39, 0.29) is 18.8 Å². The van der Waals surface area contributed by atoms with Crippen molar-refractivity contribution >= 4 is 38.5 Å². The molecule has 0 aliphatic heterocycles. The van der Waals surface area contributed by atoms with Gasteiger partial charge in [-0.1, -0.05) is 46.3 Å². The van der Waals surface area contributed by atoms with E-state index < -0.39 is 18.3 Å².